The first kappa shape index (κ1) is 15.4. The van der Waals surface area contributed by atoms with Crippen LogP contribution >= 0.6 is 11.6 Å². The molecule has 21 heavy (non-hydrogen) atoms. The predicted molar refractivity (Wildman–Crippen MR) is 76.2 cm³/mol. The number of fused-ring (bicyclic) bond motifs is 1. The maximum absolute atomic E-state index is 12.2. The molecule has 0 aliphatic carbocycles. The number of carbonyl (C=O) groups excluding carboxylic acids is 1. The van der Waals surface area contributed by atoms with E-state index in [4.69, 9.17) is 26.2 Å². The fourth-order valence-corrected chi connectivity index (χ4v) is 2.25. The first-order chi connectivity index (χ1) is 9.90. The topological polar surface area (TPSA) is 84.9 Å². The van der Waals surface area contributed by atoms with E-state index < -0.39 is 17.9 Å². The third-order valence-corrected chi connectivity index (χ3v) is 3.36. The van der Waals surface area contributed by atoms with Crippen LogP contribution < -0.4 is 14.8 Å². The monoisotopic (exact) mass is 313 g/mol. The Bertz CT molecular complexity index is 573. The highest BCUT2D eigenvalue weighted by molar-refractivity contribution is 6.32. The Balaban J connectivity index is 2.23. The number of carboxylic acid groups (broad SMARTS) is 1. The van der Waals surface area contributed by atoms with Crippen LogP contribution in [0.3, 0.4) is 0 Å². The number of ether oxygens (including phenoxy) is 2. The maximum atomic E-state index is 12.2. The highest BCUT2D eigenvalue weighted by atomic mass is 35.5. The van der Waals surface area contributed by atoms with E-state index in [1.165, 1.54) is 12.1 Å². The lowest BCUT2D eigenvalue weighted by Gasteiger charge is -2.21. The van der Waals surface area contributed by atoms with Gasteiger partial charge in [0.1, 0.15) is 19.3 Å². The number of benzene rings is 1. The molecule has 1 heterocycles. The van der Waals surface area contributed by atoms with Crippen LogP contribution in [0.4, 0.5) is 0 Å². The highest BCUT2D eigenvalue weighted by Crippen LogP contribution is 2.38. The summed E-state index contributed by atoms with van der Waals surface area (Å²) >= 11 is 6.05. The summed E-state index contributed by atoms with van der Waals surface area (Å²) < 4.78 is 10.8. The molecule has 1 aromatic carbocycles. The molecule has 0 saturated heterocycles. The first-order valence-corrected chi connectivity index (χ1v) is 6.90. The number of halogens is 1. The van der Waals surface area contributed by atoms with Gasteiger partial charge >= 0.3 is 5.97 Å². The summed E-state index contributed by atoms with van der Waals surface area (Å²) in [5.74, 6) is -1.05. The van der Waals surface area contributed by atoms with Crippen LogP contribution in [-0.4, -0.2) is 36.2 Å². The lowest BCUT2D eigenvalue weighted by atomic mass is 10.0. The number of aliphatic carboxylic acids is 1. The third kappa shape index (κ3) is 3.39. The molecule has 2 rings (SSSR count). The summed E-state index contributed by atoms with van der Waals surface area (Å²) in [6.45, 7) is 4.20. The molecule has 1 aromatic rings. The van der Waals surface area contributed by atoms with Crippen molar-refractivity contribution in [3.05, 3.63) is 22.7 Å². The SMILES string of the molecule is CC(C)[C@@H](NC(=O)c1cc(Cl)c2c(c1)OCCO2)C(=O)O. The molecule has 0 radical (unpaired) electrons. The van der Waals surface area contributed by atoms with E-state index in [0.29, 0.717) is 24.7 Å². The van der Waals surface area contributed by atoms with Crippen molar-refractivity contribution in [2.24, 2.45) is 5.92 Å². The molecular formula is C14H16ClNO5. The van der Waals surface area contributed by atoms with Gasteiger partial charge in [0.05, 0.1) is 5.02 Å². The molecule has 0 spiro atoms. The molecule has 0 bridgehead atoms. The normalized spacial score (nSPS) is 14.7. The first-order valence-electron chi connectivity index (χ1n) is 6.53. The van der Waals surface area contributed by atoms with Crippen molar-refractivity contribution in [2.45, 2.75) is 19.9 Å². The van der Waals surface area contributed by atoms with Gasteiger partial charge in [-0.1, -0.05) is 25.4 Å². The fraction of sp³-hybridized carbons (Fsp3) is 0.429. The smallest absolute Gasteiger partial charge is 0.326 e. The summed E-state index contributed by atoms with van der Waals surface area (Å²) in [5.41, 5.74) is 0.233. The van der Waals surface area contributed by atoms with Crippen molar-refractivity contribution in [3.63, 3.8) is 0 Å². The van der Waals surface area contributed by atoms with Crippen LogP contribution in [0.5, 0.6) is 11.5 Å². The quantitative estimate of drug-likeness (QED) is 0.887. The lowest BCUT2D eigenvalue weighted by molar-refractivity contribution is -0.140. The second kappa shape index (κ2) is 6.22. The van der Waals surface area contributed by atoms with Gasteiger partial charge < -0.3 is 19.9 Å². The average molecular weight is 314 g/mol. The number of rotatable bonds is 4. The molecule has 114 valence electrons. The molecule has 2 N–H and O–H groups in total. The number of amides is 1. The molecule has 0 unspecified atom stereocenters. The Morgan fingerprint density at radius 3 is 2.57 bits per heavy atom. The van der Waals surface area contributed by atoms with Gasteiger partial charge in [-0.15, -0.1) is 0 Å². The lowest BCUT2D eigenvalue weighted by Crippen LogP contribution is -2.44. The number of hydrogen-bond donors (Lipinski definition) is 2. The fourth-order valence-electron chi connectivity index (χ4n) is 1.98. The standard InChI is InChI=1S/C14H16ClNO5/c1-7(2)11(14(18)19)16-13(17)8-5-9(15)12-10(6-8)20-3-4-21-12/h5-7,11H,3-4H2,1-2H3,(H,16,17)(H,18,19)/t11-/m1/s1. The summed E-state index contributed by atoms with van der Waals surface area (Å²) in [4.78, 5) is 23.3. The van der Waals surface area contributed by atoms with E-state index in [1.54, 1.807) is 13.8 Å². The Morgan fingerprint density at radius 2 is 1.95 bits per heavy atom. The van der Waals surface area contributed by atoms with Crippen molar-refractivity contribution in [1.29, 1.82) is 0 Å². The summed E-state index contributed by atoms with van der Waals surface area (Å²) in [7, 11) is 0. The Hall–Kier alpha value is -1.95. The van der Waals surface area contributed by atoms with Crippen LogP contribution in [0, 0.1) is 5.92 Å². The van der Waals surface area contributed by atoms with Gasteiger partial charge in [0.15, 0.2) is 11.5 Å². The van der Waals surface area contributed by atoms with Crippen LogP contribution in [0.25, 0.3) is 0 Å². The second-order valence-corrected chi connectivity index (χ2v) is 5.42. The molecule has 1 aliphatic heterocycles. The number of hydrogen-bond acceptors (Lipinski definition) is 4. The van der Waals surface area contributed by atoms with Crippen LogP contribution in [0.15, 0.2) is 12.1 Å². The summed E-state index contributed by atoms with van der Waals surface area (Å²) in [6.07, 6.45) is 0. The van der Waals surface area contributed by atoms with Crippen molar-refractivity contribution in [2.75, 3.05) is 13.2 Å². The predicted octanol–water partition coefficient (Wildman–Crippen LogP) is 1.95. The molecule has 1 amide bonds. The van der Waals surface area contributed by atoms with Crippen LogP contribution in [0.2, 0.25) is 5.02 Å². The average Bonchev–Trinajstić information content (AvgIpc) is 2.43. The Labute approximate surface area is 127 Å². The number of carboxylic acids is 1. The van der Waals surface area contributed by atoms with Gasteiger partial charge in [-0.25, -0.2) is 4.79 Å². The second-order valence-electron chi connectivity index (χ2n) is 5.02. The number of carbonyl (C=O) groups is 2. The summed E-state index contributed by atoms with van der Waals surface area (Å²) in [6, 6.07) is 1.96. The van der Waals surface area contributed by atoms with E-state index in [0.717, 1.165) is 0 Å². The van der Waals surface area contributed by atoms with Gasteiger partial charge in [-0.2, -0.15) is 0 Å². The van der Waals surface area contributed by atoms with E-state index in [-0.39, 0.29) is 16.5 Å². The highest BCUT2D eigenvalue weighted by Gasteiger charge is 2.25. The van der Waals surface area contributed by atoms with Gasteiger partial charge in [-0.3, -0.25) is 4.79 Å². The van der Waals surface area contributed by atoms with Crippen molar-refractivity contribution < 1.29 is 24.2 Å². The van der Waals surface area contributed by atoms with Crippen LogP contribution in [0.1, 0.15) is 24.2 Å². The number of nitrogens with one attached hydrogen (secondary N) is 1. The van der Waals surface area contributed by atoms with Gasteiger partial charge in [0, 0.05) is 5.56 Å². The molecule has 1 aliphatic rings. The zero-order valence-corrected chi connectivity index (χ0v) is 12.4. The molecule has 0 saturated carbocycles. The third-order valence-electron chi connectivity index (χ3n) is 3.08. The molecular weight excluding hydrogens is 298 g/mol. The zero-order chi connectivity index (χ0) is 15.6. The van der Waals surface area contributed by atoms with Crippen molar-refractivity contribution in [3.8, 4) is 11.5 Å². The molecule has 0 aromatic heterocycles. The Morgan fingerprint density at radius 1 is 1.29 bits per heavy atom. The maximum Gasteiger partial charge on any atom is 0.326 e. The zero-order valence-electron chi connectivity index (χ0n) is 11.7. The van der Waals surface area contributed by atoms with Gasteiger partial charge in [-0.05, 0) is 18.1 Å². The molecule has 1 atom stereocenters. The van der Waals surface area contributed by atoms with E-state index in [9.17, 15) is 9.59 Å². The minimum atomic E-state index is -1.08. The van der Waals surface area contributed by atoms with Crippen molar-refractivity contribution in [1.82, 2.24) is 5.32 Å². The van der Waals surface area contributed by atoms with E-state index in [1.807, 2.05) is 0 Å². The molecule has 0 fully saturated rings. The minimum absolute atomic E-state index is 0.233. The van der Waals surface area contributed by atoms with Crippen LogP contribution in [-0.2, 0) is 4.79 Å². The van der Waals surface area contributed by atoms with Gasteiger partial charge in [0.2, 0.25) is 0 Å². The minimum Gasteiger partial charge on any atom is -0.486 e. The summed E-state index contributed by atoms with van der Waals surface area (Å²) in [5, 5.41) is 11.8. The van der Waals surface area contributed by atoms with E-state index >= 15 is 0 Å². The van der Waals surface area contributed by atoms with Crippen molar-refractivity contribution >= 4 is 23.5 Å². The molecule has 7 heteroatoms. The van der Waals surface area contributed by atoms with E-state index in [2.05, 4.69) is 5.32 Å². The largest absolute Gasteiger partial charge is 0.486 e. The molecule has 6 nitrogen and oxygen atoms in total. The Kier molecular flexibility index (Phi) is 4.57. The van der Waals surface area contributed by atoms with Gasteiger partial charge in [0.25, 0.3) is 5.91 Å².